The predicted octanol–water partition coefficient (Wildman–Crippen LogP) is 3.91. The molecule has 0 N–H and O–H groups in total. The van der Waals surface area contributed by atoms with Gasteiger partial charge < -0.3 is 0 Å². The average molecular weight is 220 g/mol. The van der Waals surface area contributed by atoms with E-state index in [2.05, 4.69) is 20.8 Å². The van der Waals surface area contributed by atoms with Crippen LogP contribution in [0.1, 0.15) is 20.8 Å². The van der Waals surface area contributed by atoms with Gasteiger partial charge in [-0.3, -0.25) is 4.79 Å². The lowest BCUT2D eigenvalue weighted by molar-refractivity contribution is -0.104. The molecular weight excluding hydrogens is 204 g/mol. The molecule has 0 aromatic heterocycles. The van der Waals surface area contributed by atoms with Crippen LogP contribution < -0.4 is 0 Å². The lowest BCUT2D eigenvalue weighted by atomic mass is 9.96. The molecule has 0 atom stereocenters. The molecule has 0 radical (unpaired) electrons. The summed E-state index contributed by atoms with van der Waals surface area (Å²) in [6.07, 6.45) is 2.92. The Morgan fingerprint density at radius 1 is 1.20 bits per heavy atom. The number of benzene rings is 1. The van der Waals surface area contributed by atoms with Gasteiger partial charge in [-0.1, -0.05) is 56.8 Å². The monoisotopic (exact) mass is 220 g/mol. The largest absolute Gasteiger partial charge is 0.297 e. The van der Waals surface area contributed by atoms with E-state index in [4.69, 9.17) is 0 Å². The second-order valence-electron chi connectivity index (χ2n) is 4.45. The Morgan fingerprint density at radius 2 is 1.80 bits per heavy atom. The number of carbonyl (C=O) groups excluding carboxylic acids is 1. The summed E-state index contributed by atoms with van der Waals surface area (Å²) in [6.45, 7) is 6.26. The summed E-state index contributed by atoms with van der Waals surface area (Å²) in [5, 5.41) is 0. The molecule has 0 saturated heterocycles. The van der Waals surface area contributed by atoms with E-state index in [0.29, 0.717) is 0 Å². The molecule has 0 bridgehead atoms. The van der Waals surface area contributed by atoms with Gasteiger partial charge >= 0.3 is 0 Å². The van der Waals surface area contributed by atoms with Crippen molar-refractivity contribution in [2.45, 2.75) is 25.7 Å². The first kappa shape index (κ1) is 12.1. The number of hydrogen-bond donors (Lipinski definition) is 0. The molecule has 0 unspecified atom stereocenters. The van der Waals surface area contributed by atoms with Crippen LogP contribution in [0, 0.1) is 5.41 Å². The summed E-state index contributed by atoms with van der Waals surface area (Å²) in [5.41, 5.74) is 0.0397. The molecule has 1 aromatic rings. The van der Waals surface area contributed by atoms with Crippen LogP contribution in [0.5, 0.6) is 0 Å². The SMILES string of the molecule is CC(C)(C)/C=C(\C=O)Sc1ccccc1. The molecule has 2 heteroatoms. The minimum atomic E-state index is 0.0397. The molecule has 15 heavy (non-hydrogen) atoms. The average Bonchev–Trinajstić information content (AvgIpc) is 2.16. The second-order valence-corrected chi connectivity index (χ2v) is 5.59. The maximum Gasteiger partial charge on any atom is 0.156 e. The molecule has 1 nitrogen and oxygen atoms in total. The highest BCUT2D eigenvalue weighted by Gasteiger charge is 2.09. The zero-order valence-corrected chi connectivity index (χ0v) is 10.2. The summed E-state index contributed by atoms with van der Waals surface area (Å²) in [5.74, 6) is 0. The fraction of sp³-hybridized carbons (Fsp3) is 0.308. The Balaban J connectivity index is 2.79. The van der Waals surface area contributed by atoms with Crippen LogP contribution in [-0.4, -0.2) is 6.29 Å². The number of carbonyl (C=O) groups is 1. The minimum Gasteiger partial charge on any atom is -0.297 e. The van der Waals surface area contributed by atoms with Gasteiger partial charge in [0.25, 0.3) is 0 Å². The van der Waals surface area contributed by atoms with Crippen molar-refractivity contribution in [2.24, 2.45) is 5.41 Å². The number of thioether (sulfide) groups is 1. The third-order valence-corrected chi connectivity index (χ3v) is 2.63. The number of hydrogen-bond acceptors (Lipinski definition) is 2. The number of rotatable bonds is 3. The highest BCUT2D eigenvalue weighted by atomic mass is 32.2. The Labute approximate surface area is 95.6 Å². The van der Waals surface area contributed by atoms with E-state index < -0.39 is 0 Å². The van der Waals surface area contributed by atoms with Crippen molar-refractivity contribution in [2.75, 3.05) is 0 Å². The fourth-order valence-electron chi connectivity index (χ4n) is 1.14. The van der Waals surface area contributed by atoms with Crippen LogP contribution in [0.4, 0.5) is 0 Å². The predicted molar refractivity (Wildman–Crippen MR) is 65.9 cm³/mol. The van der Waals surface area contributed by atoms with Crippen molar-refractivity contribution in [1.29, 1.82) is 0 Å². The van der Waals surface area contributed by atoms with Crippen molar-refractivity contribution < 1.29 is 4.79 Å². The lowest BCUT2D eigenvalue weighted by Crippen LogP contribution is -2.00. The second kappa shape index (κ2) is 5.17. The standard InChI is InChI=1S/C13H16OS/c1-13(2,3)9-12(10-14)15-11-7-5-4-6-8-11/h4-10H,1-3H3/b12-9+. The highest BCUT2D eigenvalue weighted by Crippen LogP contribution is 2.28. The van der Waals surface area contributed by atoms with Crippen molar-refractivity contribution in [3.05, 3.63) is 41.3 Å². The van der Waals surface area contributed by atoms with E-state index in [9.17, 15) is 4.79 Å². The molecule has 80 valence electrons. The Hall–Kier alpha value is -1.02. The fourth-order valence-corrected chi connectivity index (χ4v) is 2.16. The minimum absolute atomic E-state index is 0.0397. The topological polar surface area (TPSA) is 17.1 Å². The Bertz CT molecular complexity index is 347. The first-order valence-corrected chi connectivity index (χ1v) is 5.74. The van der Waals surface area contributed by atoms with E-state index in [-0.39, 0.29) is 5.41 Å². The highest BCUT2D eigenvalue weighted by molar-refractivity contribution is 8.03. The molecule has 0 aliphatic rings. The van der Waals surface area contributed by atoms with Crippen LogP contribution in [0.2, 0.25) is 0 Å². The third kappa shape index (κ3) is 4.84. The first-order valence-electron chi connectivity index (χ1n) is 4.92. The Morgan fingerprint density at radius 3 is 2.27 bits per heavy atom. The van der Waals surface area contributed by atoms with E-state index >= 15 is 0 Å². The molecule has 0 aliphatic carbocycles. The molecule has 1 aromatic carbocycles. The van der Waals surface area contributed by atoms with E-state index in [1.54, 1.807) is 0 Å². The van der Waals surface area contributed by atoms with E-state index in [0.717, 1.165) is 16.1 Å². The molecule has 0 aliphatic heterocycles. The molecule has 0 saturated carbocycles. The summed E-state index contributed by atoms with van der Waals surface area (Å²) >= 11 is 1.51. The van der Waals surface area contributed by atoms with Crippen LogP contribution in [0.3, 0.4) is 0 Å². The zero-order chi connectivity index (χ0) is 11.3. The summed E-state index contributed by atoms with van der Waals surface area (Å²) in [4.78, 5) is 12.8. The van der Waals surface area contributed by atoms with Crippen LogP contribution in [-0.2, 0) is 4.79 Å². The van der Waals surface area contributed by atoms with Gasteiger partial charge in [-0.2, -0.15) is 0 Å². The smallest absolute Gasteiger partial charge is 0.156 e. The summed E-state index contributed by atoms with van der Waals surface area (Å²) < 4.78 is 0. The van der Waals surface area contributed by atoms with Gasteiger partial charge in [0.1, 0.15) is 0 Å². The van der Waals surface area contributed by atoms with Crippen molar-refractivity contribution in [3.8, 4) is 0 Å². The van der Waals surface area contributed by atoms with Crippen molar-refractivity contribution >= 4 is 18.0 Å². The molecule has 0 amide bonds. The quantitative estimate of drug-likeness (QED) is 0.436. The third-order valence-electron chi connectivity index (χ3n) is 1.67. The van der Waals surface area contributed by atoms with E-state index in [1.165, 1.54) is 11.8 Å². The molecule has 0 spiro atoms. The summed E-state index contributed by atoms with van der Waals surface area (Å²) in [7, 11) is 0. The van der Waals surface area contributed by atoms with Gasteiger partial charge in [-0.25, -0.2) is 0 Å². The van der Waals surface area contributed by atoms with Crippen molar-refractivity contribution in [3.63, 3.8) is 0 Å². The molecule has 0 heterocycles. The van der Waals surface area contributed by atoms with E-state index in [1.807, 2.05) is 36.4 Å². The van der Waals surface area contributed by atoms with Gasteiger partial charge in [0.2, 0.25) is 0 Å². The van der Waals surface area contributed by atoms with Gasteiger partial charge in [0.15, 0.2) is 6.29 Å². The van der Waals surface area contributed by atoms with Gasteiger partial charge in [0.05, 0.1) is 0 Å². The maximum atomic E-state index is 10.9. The normalized spacial score (nSPS) is 12.6. The van der Waals surface area contributed by atoms with Crippen LogP contribution >= 0.6 is 11.8 Å². The summed E-state index contributed by atoms with van der Waals surface area (Å²) in [6, 6.07) is 9.93. The van der Waals surface area contributed by atoms with Crippen LogP contribution in [0.25, 0.3) is 0 Å². The zero-order valence-electron chi connectivity index (χ0n) is 9.36. The number of allylic oxidation sites excluding steroid dienone is 2. The molecule has 1 rings (SSSR count). The lowest BCUT2D eigenvalue weighted by Gasteiger charge is -2.13. The Kier molecular flexibility index (Phi) is 4.15. The molecule has 0 fully saturated rings. The number of aldehydes is 1. The van der Waals surface area contributed by atoms with Gasteiger partial charge in [0, 0.05) is 9.80 Å². The molecular formula is C13H16OS. The maximum absolute atomic E-state index is 10.9. The van der Waals surface area contributed by atoms with Crippen molar-refractivity contribution in [1.82, 2.24) is 0 Å². The van der Waals surface area contributed by atoms with Gasteiger partial charge in [-0.15, -0.1) is 0 Å². The van der Waals surface area contributed by atoms with Gasteiger partial charge in [-0.05, 0) is 17.5 Å². The van der Waals surface area contributed by atoms with Crippen LogP contribution in [0.15, 0.2) is 46.2 Å². The first-order chi connectivity index (χ1) is 7.01.